The molecule has 18 heavy (non-hydrogen) atoms. The first-order valence-corrected chi connectivity index (χ1v) is 6.57. The van der Waals surface area contributed by atoms with Gasteiger partial charge in [0.15, 0.2) is 0 Å². The SMILES string of the molecule is CCCc1nncn1Cn1cc(CC(C)C)cn1. The molecule has 0 atom stereocenters. The summed E-state index contributed by atoms with van der Waals surface area (Å²) in [5.74, 6) is 1.69. The fourth-order valence-corrected chi connectivity index (χ4v) is 2.03. The average molecular weight is 247 g/mol. The minimum absolute atomic E-state index is 0.660. The van der Waals surface area contributed by atoms with Gasteiger partial charge in [-0.15, -0.1) is 10.2 Å². The Balaban J connectivity index is 2.04. The summed E-state index contributed by atoms with van der Waals surface area (Å²) in [7, 11) is 0. The average Bonchev–Trinajstić information content (AvgIpc) is 2.90. The number of rotatable bonds is 6. The molecule has 98 valence electrons. The summed E-state index contributed by atoms with van der Waals surface area (Å²) in [6, 6.07) is 0. The second-order valence-corrected chi connectivity index (χ2v) is 5.09. The molecule has 0 amide bonds. The molecule has 0 aliphatic carbocycles. The van der Waals surface area contributed by atoms with Gasteiger partial charge in [-0.05, 0) is 24.3 Å². The van der Waals surface area contributed by atoms with Gasteiger partial charge in [0, 0.05) is 12.6 Å². The maximum atomic E-state index is 4.39. The Morgan fingerprint density at radius 3 is 2.89 bits per heavy atom. The van der Waals surface area contributed by atoms with E-state index in [1.807, 2.05) is 10.9 Å². The van der Waals surface area contributed by atoms with Gasteiger partial charge >= 0.3 is 0 Å². The third kappa shape index (κ3) is 3.18. The van der Waals surface area contributed by atoms with E-state index in [1.54, 1.807) is 6.33 Å². The van der Waals surface area contributed by atoms with Gasteiger partial charge in [0.25, 0.3) is 0 Å². The van der Waals surface area contributed by atoms with Gasteiger partial charge < -0.3 is 0 Å². The highest BCUT2D eigenvalue weighted by atomic mass is 15.4. The predicted octanol–water partition coefficient (Wildman–Crippen LogP) is 2.13. The molecule has 0 fully saturated rings. The highest BCUT2D eigenvalue weighted by Gasteiger charge is 2.05. The van der Waals surface area contributed by atoms with Gasteiger partial charge in [0.2, 0.25) is 0 Å². The smallest absolute Gasteiger partial charge is 0.134 e. The van der Waals surface area contributed by atoms with Crippen LogP contribution in [0.2, 0.25) is 0 Å². The molecule has 0 aliphatic rings. The van der Waals surface area contributed by atoms with E-state index in [2.05, 4.69) is 46.8 Å². The van der Waals surface area contributed by atoms with Gasteiger partial charge in [0.1, 0.15) is 18.8 Å². The molecule has 0 aromatic carbocycles. The summed E-state index contributed by atoms with van der Waals surface area (Å²) in [6.45, 7) is 7.28. The molecule has 2 aromatic heterocycles. The van der Waals surface area contributed by atoms with Gasteiger partial charge in [-0.25, -0.2) is 0 Å². The van der Waals surface area contributed by atoms with Crippen LogP contribution in [-0.2, 0) is 19.5 Å². The third-order valence-corrected chi connectivity index (χ3v) is 2.80. The normalized spacial score (nSPS) is 11.3. The topological polar surface area (TPSA) is 48.5 Å². The van der Waals surface area contributed by atoms with Crippen molar-refractivity contribution in [1.29, 1.82) is 0 Å². The molecule has 0 N–H and O–H groups in total. The Kier molecular flexibility index (Phi) is 4.12. The van der Waals surface area contributed by atoms with Gasteiger partial charge in [-0.3, -0.25) is 9.25 Å². The van der Waals surface area contributed by atoms with Crippen LogP contribution in [0.5, 0.6) is 0 Å². The predicted molar refractivity (Wildman–Crippen MR) is 70.2 cm³/mol. The minimum atomic E-state index is 0.660. The van der Waals surface area contributed by atoms with E-state index in [-0.39, 0.29) is 0 Å². The monoisotopic (exact) mass is 247 g/mol. The van der Waals surface area contributed by atoms with Crippen LogP contribution in [0.4, 0.5) is 0 Å². The summed E-state index contributed by atoms with van der Waals surface area (Å²) < 4.78 is 4.00. The van der Waals surface area contributed by atoms with Crippen molar-refractivity contribution < 1.29 is 0 Å². The number of hydrogen-bond donors (Lipinski definition) is 0. The first kappa shape index (κ1) is 12.8. The van der Waals surface area contributed by atoms with Crippen molar-refractivity contribution in [3.8, 4) is 0 Å². The summed E-state index contributed by atoms with van der Waals surface area (Å²) in [5.41, 5.74) is 1.29. The Morgan fingerprint density at radius 1 is 1.33 bits per heavy atom. The van der Waals surface area contributed by atoms with Crippen LogP contribution in [0.25, 0.3) is 0 Å². The summed E-state index contributed by atoms with van der Waals surface area (Å²) in [6.07, 6.45) is 8.94. The molecule has 0 radical (unpaired) electrons. The van der Waals surface area contributed by atoms with Crippen molar-refractivity contribution in [2.75, 3.05) is 0 Å². The Labute approximate surface area is 108 Å². The molecular formula is C13H21N5. The lowest BCUT2D eigenvalue weighted by Crippen LogP contribution is -2.11. The quantitative estimate of drug-likeness (QED) is 0.785. The zero-order chi connectivity index (χ0) is 13.0. The van der Waals surface area contributed by atoms with E-state index in [9.17, 15) is 0 Å². The Morgan fingerprint density at radius 2 is 2.17 bits per heavy atom. The van der Waals surface area contributed by atoms with E-state index in [0.717, 1.165) is 25.1 Å². The lowest BCUT2D eigenvalue weighted by Gasteiger charge is -2.05. The van der Waals surface area contributed by atoms with E-state index in [1.165, 1.54) is 5.56 Å². The highest BCUT2D eigenvalue weighted by Crippen LogP contribution is 2.07. The van der Waals surface area contributed by atoms with Crippen LogP contribution >= 0.6 is 0 Å². The number of nitrogens with zero attached hydrogens (tertiary/aromatic N) is 5. The molecule has 2 heterocycles. The maximum absolute atomic E-state index is 4.39. The minimum Gasteiger partial charge on any atom is -0.297 e. The second kappa shape index (κ2) is 5.80. The van der Waals surface area contributed by atoms with Crippen molar-refractivity contribution in [2.45, 2.75) is 46.7 Å². The molecular weight excluding hydrogens is 226 g/mol. The van der Waals surface area contributed by atoms with Crippen LogP contribution in [0, 0.1) is 5.92 Å². The van der Waals surface area contributed by atoms with Crippen molar-refractivity contribution >= 4 is 0 Å². The fourth-order valence-electron chi connectivity index (χ4n) is 2.03. The molecule has 0 bridgehead atoms. The van der Waals surface area contributed by atoms with Crippen LogP contribution < -0.4 is 0 Å². The standard InChI is InChI=1S/C13H21N5/c1-4-5-13-16-14-9-17(13)10-18-8-12(7-15-18)6-11(2)3/h7-9,11H,4-6,10H2,1-3H3. The first-order chi connectivity index (χ1) is 8.69. The van der Waals surface area contributed by atoms with Crippen LogP contribution in [0.3, 0.4) is 0 Å². The molecule has 5 heteroatoms. The lowest BCUT2D eigenvalue weighted by molar-refractivity contribution is 0.525. The molecule has 0 spiro atoms. The number of aromatic nitrogens is 5. The molecule has 2 aromatic rings. The van der Waals surface area contributed by atoms with Gasteiger partial charge in [-0.2, -0.15) is 5.10 Å². The summed E-state index contributed by atoms with van der Waals surface area (Å²) in [4.78, 5) is 0. The maximum Gasteiger partial charge on any atom is 0.134 e. The van der Waals surface area contributed by atoms with Crippen LogP contribution in [0.15, 0.2) is 18.7 Å². The summed E-state index contributed by atoms with van der Waals surface area (Å²) in [5, 5.41) is 12.5. The van der Waals surface area contributed by atoms with Crippen molar-refractivity contribution in [2.24, 2.45) is 5.92 Å². The molecule has 0 saturated carbocycles. The Bertz CT molecular complexity index is 483. The van der Waals surface area contributed by atoms with E-state index < -0.39 is 0 Å². The largest absolute Gasteiger partial charge is 0.297 e. The second-order valence-electron chi connectivity index (χ2n) is 5.09. The van der Waals surface area contributed by atoms with Crippen molar-refractivity contribution in [3.63, 3.8) is 0 Å². The number of hydrogen-bond acceptors (Lipinski definition) is 3. The van der Waals surface area contributed by atoms with E-state index in [0.29, 0.717) is 12.6 Å². The molecule has 2 rings (SSSR count). The fraction of sp³-hybridized carbons (Fsp3) is 0.615. The molecule has 0 unspecified atom stereocenters. The van der Waals surface area contributed by atoms with E-state index >= 15 is 0 Å². The summed E-state index contributed by atoms with van der Waals surface area (Å²) >= 11 is 0. The van der Waals surface area contributed by atoms with Gasteiger partial charge in [0.05, 0.1) is 6.20 Å². The molecule has 0 aliphatic heterocycles. The van der Waals surface area contributed by atoms with Crippen LogP contribution in [-0.4, -0.2) is 24.5 Å². The zero-order valence-electron chi connectivity index (χ0n) is 11.4. The first-order valence-electron chi connectivity index (χ1n) is 6.57. The zero-order valence-corrected chi connectivity index (χ0v) is 11.4. The Hall–Kier alpha value is -1.65. The third-order valence-electron chi connectivity index (χ3n) is 2.80. The van der Waals surface area contributed by atoms with Crippen molar-refractivity contribution in [3.05, 3.63) is 30.1 Å². The van der Waals surface area contributed by atoms with E-state index in [4.69, 9.17) is 0 Å². The molecule has 5 nitrogen and oxygen atoms in total. The van der Waals surface area contributed by atoms with Crippen molar-refractivity contribution in [1.82, 2.24) is 24.5 Å². The number of aryl methyl sites for hydroxylation is 1. The van der Waals surface area contributed by atoms with Gasteiger partial charge in [-0.1, -0.05) is 20.8 Å². The lowest BCUT2D eigenvalue weighted by atomic mass is 10.1. The molecule has 0 saturated heterocycles. The van der Waals surface area contributed by atoms with Crippen LogP contribution in [0.1, 0.15) is 38.6 Å². The highest BCUT2D eigenvalue weighted by molar-refractivity contribution is 5.04.